The zero-order chi connectivity index (χ0) is 16.2. The maximum Gasteiger partial charge on any atom is 0.245 e. The Bertz CT molecular complexity index is 489. The van der Waals surface area contributed by atoms with Crippen LogP contribution in [0.2, 0.25) is 0 Å². The summed E-state index contributed by atoms with van der Waals surface area (Å²) in [5.74, 6) is -0.365. The van der Waals surface area contributed by atoms with Crippen LogP contribution in [0.15, 0.2) is 0 Å². The van der Waals surface area contributed by atoms with Crippen molar-refractivity contribution in [2.45, 2.75) is 52.6 Å². The summed E-state index contributed by atoms with van der Waals surface area (Å²) in [4.78, 5) is 25.9. The molecule has 0 bridgehead atoms. The third kappa shape index (κ3) is 4.43. The molecule has 1 fully saturated rings. The average Bonchev–Trinajstić information content (AvgIpc) is 2.40. The van der Waals surface area contributed by atoms with Crippen LogP contribution in [0, 0.1) is 5.92 Å². The summed E-state index contributed by atoms with van der Waals surface area (Å²) in [6.45, 7) is 7.38. The molecule has 1 aliphatic heterocycles. The largest absolute Gasteiger partial charge is 0.343 e. The number of carbonyl (C=O) groups excluding carboxylic acids is 2. The zero-order valence-corrected chi connectivity index (χ0v) is 14.1. The Balaban J connectivity index is 2.90. The van der Waals surface area contributed by atoms with Gasteiger partial charge in [0.2, 0.25) is 11.8 Å². The molecule has 2 amide bonds. The predicted molar refractivity (Wildman–Crippen MR) is 81.5 cm³/mol. The first-order chi connectivity index (χ1) is 9.73. The van der Waals surface area contributed by atoms with Crippen molar-refractivity contribution in [3.05, 3.63) is 0 Å². The standard InChI is InChI=1S/C14H26N2O4S/c1-5-8-21(19,20)9-7-16-12(10(3)6-2)13(17)15-11(4)14(16)18/h10-12H,5-9H2,1-4H3,(H,15,17). The fourth-order valence-corrected chi connectivity index (χ4v) is 3.88. The lowest BCUT2D eigenvalue weighted by molar-refractivity contribution is -0.150. The molecule has 7 heteroatoms. The van der Waals surface area contributed by atoms with E-state index in [0.717, 1.165) is 6.42 Å². The van der Waals surface area contributed by atoms with Gasteiger partial charge in [-0.05, 0) is 19.3 Å². The molecule has 1 aliphatic rings. The van der Waals surface area contributed by atoms with Gasteiger partial charge in [-0.2, -0.15) is 0 Å². The molecule has 0 aliphatic carbocycles. The molecule has 6 nitrogen and oxygen atoms in total. The molecule has 3 unspecified atom stereocenters. The van der Waals surface area contributed by atoms with Crippen molar-refractivity contribution < 1.29 is 18.0 Å². The first-order valence-corrected chi connectivity index (χ1v) is 9.36. The van der Waals surface area contributed by atoms with Crippen LogP contribution in [0.5, 0.6) is 0 Å². The van der Waals surface area contributed by atoms with E-state index in [1.807, 2.05) is 13.8 Å². The second-order valence-corrected chi connectivity index (χ2v) is 8.05. The van der Waals surface area contributed by atoms with E-state index in [0.29, 0.717) is 6.42 Å². The number of sulfone groups is 1. The topological polar surface area (TPSA) is 83.6 Å². The SMILES string of the molecule is CCCS(=O)(=O)CCN1C(=O)C(C)NC(=O)C1C(C)CC. The molecule has 1 saturated heterocycles. The first-order valence-electron chi connectivity index (χ1n) is 7.54. The van der Waals surface area contributed by atoms with Gasteiger partial charge in [-0.15, -0.1) is 0 Å². The van der Waals surface area contributed by atoms with Crippen molar-refractivity contribution in [3.8, 4) is 0 Å². The van der Waals surface area contributed by atoms with Crippen molar-refractivity contribution in [2.75, 3.05) is 18.1 Å². The van der Waals surface area contributed by atoms with Crippen LogP contribution in [0.25, 0.3) is 0 Å². The highest BCUT2D eigenvalue weighted by molar-refractivity contribution is 7.91. The summed E-state index contributed by atoms with van der Waals surface area (Å²) in [6, 6.07) is -1.16. The van der Waals surface area contributed by atoms with E-state index >= 15 is 0 Å². The smallest absolute Gasteiger partial charge is 0.245 e. The minimum Gasteiger partial charge on any atom is -0.343 e. The molecule has 1 N–H and O–H groups in total. The molecule has 0 spiro atoms. The van der Waals surface area contributed by atoms with Crippen LogP contribution in [0.4, 0.5) is 0 Å². The van der Waals surface area contributed by atoms with E-state index in [9.17, 15) is 18.0 Å². The Morgan fingerprint density at radius 1 is 1.24 bits per heavy atom. The summed E-state index contributed by atoms with van der Waals surface area (Å²) >= 11 is 0. The lowest BCUT2D eigenvalue weighted by atomic mass is 9.94. The summed E-state index contributed by atoms with van der Waals surface area (Å²) in [6.07, 6.45) is 1.31. The maximum absolute atomic E-state index is 12.3. The molecular formula is C14H26N2O4S. The van der Waals surface area contributed by atoms with Gasteiger partial charge in [0.1, 0.15) is 12.1 Å². The normalized spacial score (nSPS) is 24.9. The lowest BCUT2D eigenvalue weighted by Gasteiger charge is -2.40. The van der Waals surface area contributed by atoms with Gasteiger partial charge in [0.15, 0.2) is 9.84 Å². The molecule has 1 rings (SSSR count). The Morgan fingerprint density at radius 2 is 1.86 bits per heavy atom. The first kappa shape index (κ1) is 17.9. The molecule has 0 aromatic rings. The second kappa shape index (κ2) is 7.24. The minimum atomic E-state index is -3.17. The van der Waals surface area contributed by atoms with Gasteiger partial charge >= 0.3 is 0 Å². The molecular weight excluding hydrogens is 292 g/mol. The van der Waals surface area contributed by atoms with Crippen molar-refractivity contribution in [2.24, 2.45) is 5.92 Å². The summed E-state index contributed by atoms with van der Waals surface area (Å²) in [7, 11) is -3.17. The Hall–Kier alpha value is -1.11. The Labute approximate surface area is 127 Å². The fraction of sp³-hybridized carbons (Fsp3) is 0.857. The number of rotatable bonds is 7. The average molecular weight is 318 g/mol. The monoisotopic (exact) mass is 318 g/mol. The van der Waals surface area contributed by atoms with Crippen molar-refractivity contribution in [3.63, 3.8) is 0 Å². The maximum atomic E-state index is 12.3. The van der Waals surface area contributed by atoms with Crippen LogP contribution >= 0.6 is 0 Å². The number of carbonyl (C=O) groups is 2. The second-order valence-electron chi connectivity index (χ2n) is 5.74. The van der Waals surface area contributed by atoms with Crippen LogP contribution in [0.1, 0.15) is 40.5 Å². The number of hydrogen-bond acceptors (Lipinski definition) is 4. The number of nitrogens with zero attached hydrogens (tertiary/aromatic N) is 1. The van der Waals surface area contributed by atoms with E-state index in [1.54, 1.807) is 13.8 Å². The van der Waals surface area contributed by atoms with Gasteiger partial charge in [-0.3, -0.25) is 9.59 Å². The van der Waals surface area contributed by atoms with Crippen molar-refractivity contribution >= 4 is 21.7 Å². The highest BCUT2D eigenvalue weighted by Gasteiger charge is 2.41. The van der Waals surface area contributed by atoms with Gasteiger partial charge in [0.05, 0.1) is 5.75 Å². The summed E-state index contributed by atoms with van der Waals surface area (Å²) < 4.78 is 23.7. The Morgan fingerprint density at radius 3 is 2.38 bits per heavy atom. The molecule has 0 aromatic carbocycles. The van der Waals surface area contributed by atoms with Crippen LogP contribution in [-0.2, 0) is 19.4 Å². The van der Waals surface area contributed by atoms with Gasteiger partial charge in [-0.1, -0.05) is 27.2 Å². The number of hydrogen-bond donors (Lipinski definition) is 1. The van der Waals surface area contributed by atoms with Gasteiger partial charge < -0.3 is 10.2 Å². The predicted octanol–water partition coefficient (Wildman–Crippen LogP) is 0.573. The van der Waals surface area contributed by atoms with Crippen molar-refractivity contribution in [1.82, 2.24) is 10.2 Å². The molecule has 3 atom stereocenters. The quantitative estimate of drug-likeness (QED) is 0.744. The van der Waals surface area contributed by atoms with Crippen molar-refractivity contribution in [1.29, 1.82) is 0 Å². The highest BCUT2D eigenvalue weighted by Crippen LogP contribution is 2.20. The lowest BCUT2D eigenvalue weighted by Crippen LogP contribution is -2.64. The highest BCUT2D eigenvalue weighted by atomic mass is 32.2. The van der Waals surface area contributed by atoms with Gasteiger partial charge in [0, 0.05) is 12.3 Å². The number of piperazine rings is 1. The van der Waals surface area contributed by atoms with Crippen LogP contribution < -0.4 is 5.32 Å². The third-order valence-corrected chi connectivity index (χ3v) is 5.79. The molecule has 0 saturated carbocycles. The number of amides is 2. The van der Waals surface area contributed by atoms with E-state index in [-0.39, 0.29) is 35.8 Å². The molecule has 0 aromatic heterocycles. The third-order valence-electron chi connectivity index (χ3n) is 3.96. The zero-order valence-electron chi connectivity index (χ0n) is 13.3. The van der Waals surface area contributed by atoms with Crippen LogP contribution in [-0.4, -0.2) is 55.3 Å². The van der Waals surface area contributed by atoms with E-state index in [2.05, 4.69) is 5.32 Å². The summed E-state index contributed by atoms with van der Waals surface area (Å²) in [5.41, 5.74) is 0. The van der Waals surface area contributed by atoms with Gasteiger partial charge in [0.25, 0.3) is 0 Å². The molecule has 0 radical (unpaired) electrons. The number of nitrogens with one attached hydrogen (secondary N) is 1. The minimum absolute atomic E-state index is 0.00432. The van der Waals surface area contributed by atoms with E-state index in [4.69, 9.17) is 0 Å². The Kier molecular flexibility index (Phi) is 6.19. The molecule has 21 heavy (non-hydrogen) atoms. The van der Waals surface area contributed by atoms with E-state index in [1.165, 1.54) is 4.90 Å². The molecule has 122 valence electrons. The van der Waals surface area contributed by atoms with E-state index < -0.39 is 21.9 Å². The summed E-state index contributed by atoms with van der Waals surface area (Å²) in [5, 5.41) is 2.67. The van der Waals surface area contributed by atoms with Gasteiger partial charge in [-0.25, -0.2) is 8.42 Å². The van der Waals surface area contributed by atoms with Crippen LogP contribution in [0.3, 0.4) is 0 Å². The molecule has 1 heterocycles. The fourth-order valence-electron chi connectivity index (χ4n) is 2.58.